The summed E-state index contributed by atoms with van der Waals surface area (Å²) in [5, 5.41) is 0. The molecule has 0 bridgehead atoms. The fourth-order valence-electron chi connectivity index (χ4n) is 2.20. The maximum Gasteiger partial charge on any atom is 0.313 e. The SMILES string of the molecule is CCn1ccnc(Oc2ccc(OCc3ccccc3)cc2)c1=O. The van der Waals surface area contributed by atoms with Gasteiger partial charge in [-0.15, -0.1) is 0 Å². The Morgan fingerprint density at radius 2 is 1.71 bits per heavy atom. The average Bonchev–Trinajstić information content (AvgIpc) is 2.64. The smallest absolute Gasteiger partial charge is 0.313 e. The van der Waals surface area contributed by atoms with E-state index in [0.717, 1.165) is 11.3 Å². The molecule has 0 N–H and O–H groups in total. The second-order valence-electron chi connectivity index (χ2n) is 5.17. The van der Waals surface area contributed by atoms with E-state index in [2.05, 4.69) is 4.98 Å². The van der Waals surface area contributed by atoms with Crippen molar-refractivity contribution in [3.8, 4) is 17.4 Å². The summed E-state index contributed by atoms with van der Waals surface area (Å²) >= 11 is 0. The van der Waals surface area contributed by atoms with Crippen LogP contribution in [0.1, 0.15) is 12.5 Å². The minimum absolute atomic E-state index is 0.0669. The van der Waals surface area contributed by atoms with Crippen LogP contribution in [-0.2, 0) is 13.2 Å². The van der Waals surface area contributed by atoms with E-state index in [1.54, 1.807) is 41.2 Å². The van der Waals surface area contributed by atoms with Crippen molar-refractivity contribution in [2.75, 3.05) is 0 Å². The number of hydrogen-bond acceptors (Lipinski definition) is 4. The number of aromatic nitrogens is 2. The van der Waals surface area contributed by atoms with Crippen molar-refractivity contribution in [2.24, 2.45) is 0 Å². The molecule has 122 valence electrons. The van der Waals surface area contributed by atoms with Gasteiger partial charge in [0.2, 0.25) is 0 Å². The Bertz CT molecular complexity index is 842. The van der Waals surface area contributed by atoms with Crippen LogP contribution in [0.5, 0.6) is 17.4 Å². The minimum atomic E-state index is -0.246. The highest BCUT2D eigenvalue weighted by atomic mass is 16.5. The zero-order valence-corrected chi connectivity index (χ0v) is 13.4. The van der Waals surface area contributed by atoms with Gasteiger partial charge >= 0.3 is 5.56 Å². The third-order valence-electron chi connectivity index (χ3n) is 3.51. The van der Waals surface area contributed by atoms with Gasteiger partial charge in [-0.1, -0.05) is 30.3 Å². The number of nitrogens with zero attached hydrogens (tertiary/aromatic N) is 2. The Morgan fingerprint density at radius 3 is 2.42 bits per heavy atom. The average molecular weight is 322 g/mol. The molecule has 1 aromatic heterocycles. The molecule has 0 aliphatic rings. The van der Waals surface area contributed by atoms with Crippen molar-refractivity contribution in [1.29, 1.82) is 0 Å². The molecule has 3 aromatic rings. The molecule has 0 spiro atoms. The lowest BCUT2D eigenvalue weighted by atomic mass is 10.2. The van der Waals surface area contributed by atoms with Crippen LogP contribution in [0, 0.1) is 0 Å². The van der Waals surface area contributed by atoms with E-state index < -0.39 is 0 Å². The molecule has 0 atom stereocenters. The summed E-state index contributed by atoms with van der Waals surface area (Å²) < 4.78 is 12.8. The van der Waals surface area contributed by atoms with Crippen molar-refractivity contribution in [1.82, 2.24) is 9.55 Å². The second-order valence-corrected chi connectivity index (χ2v) is 5.17. The molecular formula is C19H18N2O3. The van der Waals surface area contributed by atoms with Gasteiger partial charge in [0, 0.05) is 18.9 Å². The number of benzene rings is 2. The summed E-state index contributed by atoms with van der Waals surface area (Å²) in [5.41, 5.74) is 0.857. The zero-order chi connectivity index (χ0) is 16.8. The van der Waals surface area contributed by atoms with Crippen LogP contribution in [0.3, 0.4) is 0 Å². The highest BCUT2D eigenvalue weighted by Gasteiger charge is 2.06. The number of ether oxygens (including phenoxy) is 2. The zero-order valence-electron chi connectivity index (χ0n) is 13.4. The predicted octanol–water partition coefficient (Wildman–Crippen LogP) is 3.63. The van der Waals surface area contributed by atoms with Gasteiger partial charge in [-0.05, 0) is 36.8 Å². The molecule has 0 fully saturated rings. The Balaban J connectivity index is 1.66. The van der Waals surface area contributed by atoms with Crippen molar-refractivity contribution in [2.45, 2.75) is 20.1 Å². The first-order valence-corrected chi connectivity index (χ1v) is 7.76. The van der Waals surface area contributed by atoms with Crippen LogP contribution in [0.25, 0.3) is 0 Å². The van der Waals surface area contributed by atoms with Gasteiger partial charge in [0.1, 0.15) is 18.1 Å². The molecule has 3 rings (SSSR count). The third kappa shape index (κ3) is 3.81. The van der Waals surface area contributed by atoms with Crippen LogP contribution in [0.2, 0.25) is 0 Å². The minimum Gasteiger partial charge on any atom is -0.489 e. The molecule has 0 unspecified atom stereocenters. The molecule has 1 heterocycles. The van der Waals surface area contributed by atoms with Gasteiger partial charge in [0.25, 0.3) is 5.88 Å². The fraction of sp³-hybridized carbons (Fsp3) is 0.158. The van der Waals surface area contributed by atoms with E-state index in [-0.39, 0.29) is 11.4 Å². The van der Waals surface area contributed by atoms with Gasteiger partial charge in [-0.3, -0.25) is 4.79 Å². The van der Waals surface area contributed by atoms with Gasteiger partial charge in [0.15, 0.2) is 0 Å². The number of rotatable bonds is 6. The lowest BCUT2D eigenvalue weighted by molar-refractivity contribution is 0.305. The normalized spacial score (nSPS) is 10.4. The monoisotopic (exact) mass is 322 g/mol. The number of hydrogen-bond donors (Lipinski definition) is 0. The quantitative estimate of drug-likeness (QED) is 0.695. The van der Waals surface area contributed by atoms with Crippen LogP contribution in [-0.4, -0.2) is 9.55 Å². The molecule has 2 aromatic carbocycles. The van der Waals surface area contributed by atoms with Crippen molar-refractivity contribution < 1.29 is 9.47 Å². The summed E-state index contributed by atoms with van der Waals surface area (Å²) in [4.78, 5) is 16.1. The van der Waals surface area contributed by atoms with E-state index in [0.29, 0.717) is 18.9 Å². The Kier molecular flexibility index (Phi) is 4.91. The molecule has 5 heteroatoms. The summed E-state index contributed by atoms with van der Waals surface area (Å²) in [7, 11) is 0. The first kappa shape index (κ1) is 15.8. The van der Waals surface area contributed by atoms with Crippen molar-refractivity contribution in [3.63, 3.8) is 0 Å². The van der Waals surface area contributed by atoms with Crippen LogP contribution < -0.4 is 15.0 Å². The summed E-state index contributed by atoms with van der Waals surface area (Å²) in [5.74, 6) is 1.34. The largest absolute Gasteiger partial charge is 0.489 e. The lowest BCUT2D eigenvalue weighted by Crippen LogP contribution is -2.20. The van der Waals surface area contributed by atoms with Crippen LogP contribution >= 0.6 is 0 Å². The van der Waals surface area contributed by atoms with Gasteiger partial charge < -0.3 is 14.0 Å². The molecule has 0 radical (unpaired) electrons. The predicted molar refractivity (Wildman–Crippen MR) is 91.5 cm³/mol. The molecule has 0 aliphatic carbocycles. The summed E-state index contributed by atoms with van der Waals surface area (Å²) in [6.07, 6.45) is 3.19. The van der Waals surface area contributed by atoms with E-state index in [4.69, 9.17) is 9.47 Å². The maximum atomic E-state index is 12.1. The Labute approximate surface area is 140 Å². The highest BCUT2D eigenvalue weighted by Crippen LogP contribution is 2.21. The van der Waals surface area contributed by atoms with E-state index in [9.17, 15) is 4.79 Å². The number of aryl methyl sites for hydroxylation is 1. The molecular weight excluding hydrogens is 304 g/mol. The van der Waals surface area contributed by atoms with Gasteiger partial charge in [0.05, 0.1) is 0 Å². The van der Waals surface area contributed by atoms with Crippen molar-refractivity contribution in [3.05, 3.63) is 82.9 Å². The van der Waals surface area contributed by atoms with E-state index >= 15 is 0 Å². The van der Waals surface area contributed by atoms with E-state index in [1.807, 2.05) is 37.3 Å². The van der Waals surface area contributed by atoms with Crippen molar-refractivity contribution >= 4 is 0 Å². The fourth-order valence-corrected chi connectivity index (χ4v) is 2.20. The molecule has 0 aliphatic heterocycles. The van der Waals surface area contributed by atoms with Crippen LogP contribution in [0.15, 0.2) is 71.8 Å². The molecule has 0 saturated carbocycles. The molecule has 24 heavy (non-hydrogen) atoms. The highest BCUT2D eigenvalue weighted by molar-refractivity contribution is 5.33. The lowest BCUT2D eigenvalue weighted by Gasteiger charge is -2.09. The Morgan fingerprint density at radius 1 is 1.00 bits per heavy atom. The first-order chi connectivity index (χ1) is 11.8. The Hall–Kier alpha value is -3.08. The topological polar surface area (TPSA) is 53.4 Å². The standard InChI is InChI=1S/C19H18N2O3/c1-2-21-13-12-20-18(19(21)22)24-17-10-8-16(9-11-17)23-14-15-6-4-3-5-7-15/h3-13H,2,14H2,1H3. The summed E-state index contributed by atoms with van der Waals surface area (Å²) in [6.45, 7) is 2.97. The molecule has 5 nitrogen and oxygen atoms in total. The second kappa shape index (κ2) is 7.46. The maximum absolute atomic E-state index is 12.1. The first-order valence-electron chi connectivity index (χ1n) is 7.76. The summed E-state index contributed by atoms with van der Waals surface area (Å²) in [6, 6.07) is 17.1. The van der Waals surface area contributed by atoms with Gasteiger partial charge in [-0.25, -0.2) is 4.98 Å². The van der Waals surface area contributed by atoms with Gasteiger partial charge in [-0.2, -0.15) is 0 Å². The van der Waals surface area contributed by atoms with Crippen LogP contribution in [0.4, 0.5) is 0 Å². The van der Waals surface area contributed by atoms with E-state index in [1.165, 1.54) is 0 Å². The third-order valence-corrected chi connectivity index (χ3v) is 3.51. The molecule has 0 amide bonds. The molecule has 0 saturated heterocycles.